The number of rotatable bonds is 10. The first-order valence-corrected chi connectivity index (χ1v) is 8.80. The molecule has 3 heteroatoms. The maximum atomic E-state index is 5.79. The summed E-state index contributed by atoms with van der Waals surface area (Å²) in [4.78, 5) is 0. The molecule has 0 fully saturated rings. The van der Waals surface area contributed by atoms with Crippen LogP contribution in [0.5, 0.6) is 11.5 Å². The van der Waals surface area contributed by atoms with Crippen LogP contribution in [-0.2, 0) is 0 Å². The SMILES string of the molecule is CCCCCCCCOc1ccc(OC(C)C)c(I)c1. The molecule has 1 rings (SSSR count). The average Bonchev–Trinajstić information content (AvgIpc) is 2.40. The summed E-state index contributed by atoms with van der Waals surface area (Å²) in [5.41, 5.74) is 0. The Balaban J connectivity index is 2.25. The first-order chi connectivity index (χ1) is 9.63. The van der Waals surface area contributed by atoms with Gasteiger partial charge >= 0.3 is 0 Å². The predicted molar refractivity (Wildman–Crippen MR) is 93.8 cm³/mol. The number of hydrogen-bond acceptors (Lipinski definition) is 2. The van der Waals surface area contributed by atoms with Gasteiger partial charge in [-0.1, -0.05) is 39.0 Å². The predicted octanol–water partition coefficient (Wildman–Crippen LogP) is 5.82. The number of hydrogen-bond donors (Lipinski definition) is 0. The van der Waals surface area contributed by atoms with Crippen LogP contribution >= 0.6 is 22.6 Å². The highest BCUT2D eigenvalue weighted by atomic mass is 127. The van der Waals surface area contributed by atoms with Crippen LogP contribution in [0.15, 0.2) is 18.2 Å². The summed E-state index contributed by atoms with van der Waals surface area (Å²) in [6, 6.07) is 6.05. The Morgan fingerprint density at radius 3 is 2.40 bits per heavy atom. The first kappa shape index (κ1) is 17.6. The Morgan fingerprint density at radius 2 is 1.75 bits per heavy atom. The summed E-state index contributed by atoms with van der Waals surface area (Å²) in [5.74, 6) is 1.88. The third-order valence-electron chi connectivity index (χ3n) is 3.03. The number of unbranched alkanes of at least 4 members (excludes halogenated alkanes) is 5. The summed E-state index contributed by atoms with van der Waals surface area (Å²) >= 11 is 2.30. The topological polar surface area (TPSA) is 18.5 Å². The Labute approximate surface area is 137 Å². The van der Waals surface area contributed by atoms with E-state index >= 15 is 0 Å². The minimum absolute atomic E-state index is 0.207. The number of halogens is 1. The number of benzene rings is 1. The minimum atomic E-state index is 0.207. The van der Waals surface area contributed by atoms with Gasteiger partial charge in [-0.15, -0.1) is 0 Å². The minimum Gasteiger partial charge on any atom is -0.494 e. The van der Waals surface area contributed by atoms with Crippen LogP contribution < -0.4 is 9.47 Å². The smallest absolute Gasteiger partial charge is 0.133 e. The van der Waals surface area contributed by atoms with Crippen molar-refractivity contribution in [2.75, 3.05) is 6.61 Å². The molecule has 0 saturated carbocycles. The molecule has 1 aromatic carbocycles. The zero-order valence-corrected chi connectivity index (χ0v) is 15.1. The Bertz CT molecular complexity index is 377. The van der Waals surface area contributed by atoms with Crippen molar-refractivity contribution < 1.29 is 9.47 Å². The van der Waals surface area contributed by atoms with Gasteiger partial charge in [0.25, 0.3) is 0 Å². The summed E-state index contributed by atoms with van der Waals surface area (Å²) in [6.45, 7) is 7.14. The average molecular weight is 390 g/mol. The lowest BCUT2D eigenvalue weighted by Gasteiger charge is -2.13. The van der Waals surface area contributed by atoms with Crippen LogP contribution in [0.2, 0.25) is 0 Å². The second-order valence-electron chi connectivity index (χ2n) is 5.38. The standard InChI is InChI=1S/C17H27IO2/c1-4-5-6-7-8-9-12-19-15-10-11-17(16(18)13-15)20-14(2)3/h10-11,13-14H,4-9,12H2,1-3H3. The van der Waals surface area contributed by atoms with Crippen molar-refractivity contribution in [3.63, 3.8) is 0 Å². The van der Waals surface area contributed by atoms with Crippen molar-refractivity contribution in [1.29, 1.82) is 0 Å². The molecule has 2 nitrogen and oxygen atoms in total. The third-order valence-corrected chi connectivity index (χ3v) is 3.88. The van der Waals surface area contributed by atoms with E-state index in [2.05, 4.69) is 35.6 Å². The highest BCUT2D eigenvalue weighted by Gasteiger charge is 2.05. The van der Waals surface area contributed by atoms with Crippen molar-refractivity contribution in [3.05, 3.63) is 21.8 Å². The van der Waals surface area contributed by atoms with Crippen LogP contribution in [0.4, 0.5) is 0 Å². The normalized spacial score (nSPS) is 10.8. The van der Waals surface area contributed by atoms with Crippen LogP contribution in [-0.4, -0.2) is 12.7 Å². The maximum absolute atomic E-state index is 5.79. The Morgan fingerprint density at radius 1 is 1.05 bits per heavy atom. The molecule has 0 aliphatic carbocycles. The summed E-state index contributed by atoms with van der Waals surface area (Å²) in [7, 11) is 0. The molecule has 0 aliphatic heterocycles. The molecule has 114 valence electrons. The molecule has 0 atom stereocenters. The van der Waals surface area contributed by atoms with Gasteiger partial charge in [-0.3, -0.25) is 0 Å². The van der Waals surface area contributed by atoms with E-state index in [9.17, 15) is 0 Å². The van der Waals surface area contributed by atoms with Gasteiger partial charge in [0.15, 0.2) is 0 Å². The highest BCUT2D eigenvalue weighted by Crippen LogP contribution is 2.26. The van der Waals surface area contributed by atoms with Gasteiger partial charge in [0, 0.05) is 0 Å². The van der Waals surface area contributed by atoms with E-state index in [1.54, 1.807) is 0 Å². The lowest BCUT2D eigenvalue weighted by atomic mass is 10.1. The number of ether oxygens (including phenoxy) is 2. The highest BCUT2D eigenvalue weighted by molar-refractivity contribution is 14.1. The van der Waals surface area contributed by atoms with Gasteiger partial charge in [-0.05, 0) is 61.1 Å². The molecule has 1 aromatic rings. The first-order valence-electron chi connectivity index (χ1n) is 7.72. The monoisotopic (exact) mass is 390 g/mol. The van der Waals surface area contributed by atoms with Gasteiger partial charge in [-0.25, -0.2) is 0 Å². The molecule has 0 radical (unpaired) electrons. The summed E-state index contributed by atoms with van der Waals surface area (Å²) in [6.07, 6.45) is 7.97. The van der Waals surface area contributed by atoms with Crippen LogP contribution in [0.3, 0.4) is 0 Å². The molecule has 0 saturated heterocycles. The molecule has 0 N–H and O–H groups in total. The zero-order chi connectivity index (χ0) is 14.8. The van der Waals surface area contributed by atoms with Crippen molar-refractivity contribution in [1.82, 2.24) is 0 Å². The van der Waals surface area contributed by atoms with Crippen molar-refractivity contribution in [3.8, 4) is 11.5 Å². The molecule has 0 aliphatic rings. The third kappa shape index (κ3) is 7.36. The van der Waals surface area contributed by atoms with Crippen LogP contribution in [0.1, 0.15) is 59.3 Å². The lowest BCUT2D eigenvalue weighted by molar-refractivity contribution is 0.239. The molecule has 0 aromatic heterocycles. The molecule has 0 unspecified atom stereocenters. The molecule has 0 amide bonds. The quantitative estimate of drug-likeness (QED) is 0.370. The van der Waals surface area contributed by atoms with Crippen molar-refractivity contribution >= 4 is 22.6 Å². The molecule has 20 heavy (non-hydrogen) atoms. The lowest BCUT2D eigenvalue weighted by Crippen LogP contribution is -2.06. The van der Waals surface area contributed by atoms with E-state index in [0.717, 1.165) is 28.1 Å². The van der Waals surface area contributed by atoms with Gasteiger partial charge in [0.05, 0.1) is 16.3 Å². The van der Waals surface area contributed by atoms with Crippen LogP contribution in [0, 0.1) is 3.57 Å². The van der Waals surface area contributed by atoms with Gasteiger partial charge < -0.3 is 9.47 Å². The largest absolute Gasteiger partial charge is 0.494 e. The van der Waals surface area contributed by atoms with Gasteiger partial charge in [-0.2, -0.15) is 0 Å². The van der Waals surface area contributed by atoms with Gasteiger partial charge in [0.1, 0.15) is 11.5 Å². The second-order valence-corrected chi connectivity index (χ2v) is 6.54. The van der Waals surface area contributed by atoms with Crippen molar-refractivity contribution in [2.45, 2.75) is 65.4 Å². The molecule has 0 heterocycles. The molecule has 0 spiro atoms. The van der Waals surface area contributed by atoms with Gasteiger partial charge in [0.2, 0.25) is 0 Å². The summed E-state index contributed by atoms with van der Waals surface area (Å²) < 4.78 is 12.6. The van der Waals surface area contributed by atoms with Crippen LogP contribution in [0.25, 0.3) is 0 Å². The van der Waals surface area contributed by atoms with E-state index in [4.69, 9.17) is 9.47 Å². The van der Waals surface area contributed by atoms with Crippen molar-refractivity contribution in [2.24, 2.45) is 0 Å². The maximum Gasteiger partial charge on any atom is 0.133 e. The fourth-order valence-corrected chi connectivity index (χ4v) is 2.61. The van der Waals surface area contributed by atoms with E-state index in [1.165, 1.54) is 32.1 Å². The Hall–Kier alpha value is -0.450. The fraction of sp³-hybridized carbons (Fsp3) is 0.647. The zero-order valence-electron chi connectivity index (χ0n) is 13.0. The molecular weight excluding hydrogens is 363 g/mol. The molecule has 0 bridgehead atoms. The second kappa shape index (κ2) is 10.3. The molecular formula is C17H27IO2. The Kier molecular flexibility index (Phi) is 9.07. The fourth-order valence-electron chi connectivity index (χ4n) is 1.99. The van der Waals surface area contributed by atoms with E-state index in [0.29, 0.717) is 0 Å². The van der Waals surface area contributed by atoms with E-state index < -0.39 is 0 Å². The van der Waals surface area contributed by atoms with E-state index in [1.807, 2.05) is 26.0 Å². The van der Waals surface area contributed by atoms with E-state index in [-0.39, 0.29) is 6.10 Å². The summed E-state index contributed by atoms with van der Waals surface area (Å²) in [5, 5.41) is 0.